The number of carbonyl (C=O) groups is 1. The van der Waals surface area contributed by atoms with E-state index in [1.807, 2.05) is 24.3 Å². The van der Waals surface area contributed by atoms with Gasteiger partial charge in [0, 0.05) is 6.42 Å². The van der Waals surface area contributed by atoms with Gasteiger partial charge in [-0.05, 0) is 66.1 Å². The lowest BCUT2D eigenvalue weighted by atomic mass is 9.87. The molecule has 2 aromatic rings. The minimum atomic E-state index is -1.59. The molecule has 6 heteroatoms. The van der Waals surface area contributed by atoms with Crippen molar-refractivity contribution in [1.82, 2.24) is 0 Å². The standard InChI is InChI=1S/C31H42F2O4/c1-31(2,3)26-16-14-25(15-17-26)24-37-28-20-18-27(19-21-28)35-22-23-36-30(34)13-11-9-7-5-4-6-8-10-12-29(32)33/h12,14-21H,4-11,13,22-24H2,1-3H3. The summed E-state index contributed by atoms with van der Waals surface area (Å²) < 4.78 is 40.6. The highest BCUT2D eigenvalue weighted by Gasteiger charge is 2.12. The second-order valence-electron chi connectivity index (χ2n) is 10.3. The summed E-state index contributed by atoms with van der Waals surface area (Å²) in [6, 6.07) is 15.9. The number of rotatable bonds is 17. The van der Waals surface area contributed by atoms with Gasteiger partial charge in [-0.1, -0.05) is 77.1 Å². The normalized spacial score (nSPS) is 11.2. The zero-order chi connectivity index (χ0) is 26.9. The van der Waals surface area contributed by atoms with Crippen molar-refractivity contribution in [3.05, 3.63) is 71.8 Å². The molecule has 0 fully saturated rings. The topological polar surface area (TPSA) is 44.8 Å². The van der Waals surface area contributed by atoms with Crippen molar-refractivity contribution in [2.75, 3.05) is 13.2 Å². The van der Waals surface area contributed by atoms with Crippen molar-refractivity contribution < 1.29 is 27.8 Å². The highest BCUT2D eigenvalue weighted by Crippen LogP contribution is 2.23. The number of esters is 1. The number of halogens is 2. The maximum absolute atomic E-state index is 11.9. The molecule has 0 aliphatic heterocycles. The molecule has 204 valence electrons. The van der Waals surface area contributed by atoms with Crippen LogP contribution in [0.4, 0.5) is 8.78 Å². The van der Waals surface area contributed by atoms with Crippen LogP contribution in [0.3, 0.4) is 0 Å². The summed E-state index contributed by atoms with van der Waals surface area (Å²) in [6.45, 7) is 7.62. The van der Waals surface area contributed by atoms with Crippen LogP contribution >= 0.6 is 0 Å². The second-order valence-corrected chi connectivity index (χ2v) is 10.3. The molecule has 4 nitrogen and oxygen atoms in total. The zero-order valence-corrected chi connectivity index (χ0v) is 22.6. The van der Waals surface area contributed by atoms with Crippen LogP contribution in [0.15, 0.2) is 60.7 Å². The number of hydrogen-bond acceptors (Lipinski definition) is 4. The smallest absolute Gasteiger partial charge is 0.305 e. The predicted molar refractivity (Wildman–Crippen MR) is 144 cm³/mol. The van der Waals surface area contributed by atoms with E-state index in [0.29, 0.717) is 31.8 Å². The van der Waals surface area contributed by atoms with Crippen molar-refractivity contribution in [2.45, 2.75) is 90.6 Å². The molecular formula is C31H42F2O4. The number of allylic oxidation sites excluding steroid dienone is 1. The van der Waals surface area contributed by atoms with Crippen molar-refractivity contribution in [3.8, 4) is 11.5 Å². The van der Waals surface area contributed by atoms with Crippen molar-refractivity contribution in [2.24, 2.45) is 0 Å². The number of benzene rings is 2. The van der Waals surface area contributed by atoms with E-state index >= 15 is 0 Å². The first kappa shape index (κ1) is 30.3. The lowest BCUT2D eigenvalue weighted by Gasteiger charge is -2.19. The van der Waals surface area contributed by atoms with Gasteiger partial charge in [-0.3, -0.25) is 4.79 Å². The largest absolute Gasteiger partial charge is 0.490 e. The molecule has 0 N–H and O–H groups in total. The molecule has 0 saturated heterocycles. The molecule has 2 rings (SSSR count). The molecule has 0 saturated carbocycles. The van der Waals surface area contributed by atoms with Gasteiger partial charge in [0.2, 0.25) is 0 Å². The Bertz CT molecular complexity index is 927. The first-order valence-electron chi connectivity index (χ1n) is 13.4. The Kier molecular flexibility index (Phi) is 13.8. The summed E-state index contributed by atoms with van der Waals surface area (Å²) in [7, 11) is 0. The van der Waals surface area contributed by atoms with Crippen LogP contribution in [-0.2, 0) is 21.6 Å². The molecule has 0 heterocycles. The quantitative estimate of drug-likeness (QED) is 0.156. The minimum absolute atomic E-state index is 0.136. The molecular weight excluding hydrogens is 474 g/mol. The number of ether oxygens (including phenoxy) is 3. The van der Waals surface area contributed by atoms with Crippen molar-refractivity contribution in [3.63, 3.8) is 0 Å². The van der Waals surface area contributed by atoms with Gasteiger partial charge >= 0.3 is 5.97 Å². The summed E-state index contributed by atoms with van der Waals surface area (Å²) in [5.74, 6) is 1.26. The molecule has 0 aliphatic carbocycles. The van der Waals surface area contributed by atoms with Crippen LogP contribution in [0.5, 0.6) is 11.5 Å². The van der Waals surface area contributed by atoms with E-state index < -0.39 is 6.08 Å². The summed E-state index contributed by atoms with van der Waals surface area (Å²) in [4.78, 5) is 11.9. The second kappa shape index (κ2) is 16.8. The van der Waals surface area contributed by atoms with Crippen LogP contribution in [0.1, 0.15) is 89.7 Å². The maximum atomic E-state index is 11.9. The molecule has 0 aromatic heterocycles. The number of unbranched alkanes of at least 4 members (excludes halogenated alkanes) is 7. The van der Waals surface area contributed by atoms with Gasteiger partial charge in [0.05, 0.1) is 0 Å². The summed E-state index contributed by atoms with van der Waals surface area (Å²) in [6.07, 6.45) is 6.96. The van der Waals surface area contributed by atoms with Crippen LogP contribution in [0.25, 0.3) is 0 Å². The van der Waals surface area contributed by atoms with E-state index in [1.54, 1.807) is 0 Å². The minimum Gasteiger partial charge on any atom is -0.490 e. The summed E-state index contributed by atoms with van der Waals surface area (Å²) in [5, 5.41) is 0. The van der Waals surface area contributed by atoms with E-state index in [2.05, 4.69) is 45.0 Å². The van der Waals surface area contributed by atoms with E-state index in [1.165, 1.54) is 5.56 Å². The van der Waals surface area contributed by atoms with Crippen molar-refractivity contribution >= 4 is 5.97 Å². The van der Waals surface area contributed by atoms with Gasteiger partial charge in [-0.15, -0.1) is 0 Å². The molecule has 0 spiro atoms. The molecule has 0 amide bonds. The monoisotopic (exact) mass is 516 g/mol. The molecule has 0 atom stereocenters. The van der Waals surface area contributed by atoms with Crippen LogP contribution in [0, 0.1) is 0 Å². The average molecular weight is 517 g/mol. The van der Waals surface area contributed by atoms with E-state index in [9.17, 15) is 13.6 Å². The Labute approximate surface area is 221 Å². The van der Waals surface area contributed by atoms with Gasteiger partial charge in [0.1, 0.15) is 31.3 Å². The highest BCUT2D eigenvalue weighted by molar-refractivity contribution is 5.69. The molecule has 0 bridgehead atoms. The van der Waals surface area contributed by atoms with Gasteiger partial charge in [-0.25, -0.2) is 0 Å². The Morgan fingerprint density at radius 3 is 1.92 bits per heavy atom. The number of hydrogen-bond donors (Lipinski definition) is 0. The molecule has 2 aromatic carbocycles. The maximum Gasteiger partial charge on any atom is 0.305 e. The predicted octanol–water partition coefficient (Wildman–Crippen LogP) is 8.78. The SMILES string of the molecule is CC(C)(C)c1ccc(COc2ccc(OCCOC(=O)CCCCCCCCCC=C(F)F)cc2)cc1. The fourth-order valence-corrected chi connectivity index (χ4v) is 3.80. The zero-order valence-electron chi connectivity index (χ0n) is 22.6. The van der Waals surface area contributed by atoms with Gasteiger partial charge in [0.25, 0.3) is 6.08 Å². The lowest BCUT2D eigenvalue weighted by molar-refractivity contribution is -0.144. The highest BCUT2D eigenvalue weighted by atomic mass is 19.3. The first-order valence-corrected chi connectivity index (χ1v) is 13.4. The van der Waals surface area contributed by atoms with Crippen molar-refractivity contribution in [1.29, 1.82) is 0 Å². The third kappa shape index (κ3) is 13.8. The van der Waals surface area contributed by atoms with Gasteiger partial charge in [0.15, 0.2) is 0 Å². The Balaban J connectivity index is 1.50. The van der Waals surface area contributed by atoms with Crippen LogP contribution in [0.2, 0.25) is 0 Å². The van der Waals surface area contributed by atoms with E-state index in [4.69, 9.17) is 14.2 Å². The lowest BCUT2D eigenvalue weighted by Crippen LogP contribution is -2.12. The van der Waals surface area contributed by atoms with Crippen LogP contribution < -0.4 is 9.47 Å². The third-order valence-corrected chi connectivity index (χ3v) is 6.05. The Morgan fingerprint density at radius 1 is 0.757 bits per heavy atom. The molecule has 0 radical (unpaired) electrons. The van der Waals surface area contributed by atoms with E-state index in [0.717, 1.165) is 62.3 Å². The van der Waals surface area contributed by atoms with Crippen LogP contribution in [-0.4, -0.2) is 19.2 Å². The average Bonchev–Trinajstić information content (AvgIpc) is 2.86. The molecule has 0 unspecified atom stereocenters. The Hall–Kier alpha value is -2.89. The van der Waals surface area contributed by atoms with Gasteiger partial charge < -0.3 is 14.2 Å². The fraction of sp³-hybridized carbons (Fsp3) is 0.516. The Morgan fingerprint density at radius 2 is 1.32 bits per heavy atom. The van der Waals surface area contributed by atoms with Gasteiger partial charge in [-0.2, -0.15) is 8.78 Å². The summed E-state index contributed by atoms with van der Waals surface area (Å²) in [5.41, 5.74) is 2.55. The van der Waals surface area contributed by atoms with E-state index in [-0.39, 0.29) is 18.0 Å². The fourth-order valence-electron chi connectivity index (χ4n) is 3.80. The number of carbonyl (C=O) groups excluding carboxylic acids is 1. The third-order valence-electron chi connectivity index (χ3n) is 6.05. The first-order chi connectivity index (χ1) is 17.7. The molecule has 37 heavy (non-hydrogen) atoms. The summed E-state index contributed by atoms with van der Waals surface area (Å²) >= 11 is 0. The molecule has 0 aliphatic rings.